The van der Waals surface area contributed by atoms with Crippen LogP contribution in [0.1, 0.15) is 10.4 Å². The van der Waals surface area contributed by atoms with Gasteiger partial charge >= 0.3 is 5.97 Å². The molecule has 0 atom stereocenters. The van der Waals surface area contributed by atoms with Crippen molar-refractivity contribution in [3.8, 4) is 11.5 Å². The number of benzene rings is 2. The standard InChI is InChI=1S/C13H7BrFNO5/c14-10-6-8(16(19)20)2-4-11(10)21-12-5-7(15)1-3-9(12)13(17)18/h1-6H,(H,17,18). The average Bonchev–Trinajstić information content (AvgIpc) is 2.40. The normalized spacial score (nSPS) is 10.2. The highest BCUT2D eigenvalue weighted by molar-refractivity contribution is 9.10. The molecule has 0 bridgehead atoms. The maximum Gasteiger partial charge on any atom is 0.339 e. The summed E-state index contributed by atoms with van der Waals surface area (Å²) in [4.78, 5) is 21.1. The Kier molecular flexibility index (Phi) is 4.18. The molecular weight excluding hydrogens is 349 g/mol. The maximum absolute atomic E-state index is 13.2. The van der Waals surface area contributed by atoms with E-state index in [2.05, 4.69) is 15.9 Å². The molecule has 0 aliphatic heterocycles. The molecule has 0 aliphatic carbocycles. The Morgan fingerprint density at radius 1 is 1.24 bits per heavy atom. The number of nitro benzene ring substituents is 1. The van der Waals surface area contributed by atoms with Gasteiger partial charge in [-0.15, -0.1) is 0 Å². The summed E-state index contributed by atoms with van der Waals surface area (Å²) in [5, 5.41) is 19.6. The number of nitro groups is 1. The van der Waals surface area contributed by atoms with Crippen LogP contribution in [-0.2, 0) is 0 Å². The largest absolute Gasteiger partial charge is 0.478 e. The van der Waals surface area contributed by atoms with Crippen molar-refractivity contribution in [2.24, 2.45) is 0 Å². The van der Waals surface area contributed by atoms with Crippen LogP contribution in [0.2, 0.25) is 0 Å². The zero-order chi connectivity index (χ0) is 15.6. The molecule has 0 unspecified atom stereocenters. The van der Waals surface area contributed by atoms with E-state index in [0.29, 0.717) is 0 Å². The van der Waals surface area contributed by atoms with Gasteiger partial charge in [-0.05, 0) is 34.1 Å². The van der Waals surface area contributed by atoms with E-state index in [1.165, 1.54) is 18.2 Å². The van der Waals surface area contributed by atoms with Crippen molar-refractivity contribution < 1.29 is 24.0 Å². The molecule has 0 aromatic heterocycles. The van der Waals surface area contributed by atoms with Gasteiger partial charge in [-0.2, -0.15) is 0 Å². The number of non-ortho nitro benzene ring substituents is 1. The summed E-state index contributed by atoms with van der Waals surface area (Å²) in [6, 6.07) is 6.69. The van der Waals surface area contributed by atoms with E-state index in [4.69, 9.17) is 9.84 Å². The second-order valence-electron chi connectivity index (χ2n) is 3.92. The van der Waals surface area contributed by atoms with E-state index in [1.807, 2.05) is 0 Å². The summed E-state index contributed by atoms with van der Waals surface area (Å²) in [5.74, 6) is -2.00. The maximum atomic E-state index is 13.2. The smallest absolute Gasteiger partial charge is 0.339 e. The topological polar surface area (TPSA) is 89.7 Å². The lowest BCUT2D eigenvalue weighted by Gasteiger charge is -2.10. The minimum absolute atomic E-state index is 0.133. The first-order chi connectivity index (χ1) is 9.88. The quantitative estimate of drug-likeness (QED) is 0.661. The van der Waals surface area contributed by atoms with E-state index in [9.17, 15) is 19.3 Å². The van der Waals surface area contributed by atoms with Gasteiger partial charge in [-0.3, -0.25) is 10.1 Å². The molecular formula is C13H7BrFNO5. The summed E-state index contributed by atoms with van der Waals surface area (Å²) in [6.07, 6.45) is 0. The van der Waals surface area contributed by atoms with Gasteiger partial charge in [0.1, 0.15) is 22.9 Å². The predicted octanol–water partition coefficient (Wildman–Crippen LogP) is 3.99. The molecule has 2 aromatic carbocycles. The van der Waals surface area contributed by atoms with Crippen LogP contribution in [0.25, 0.3) is 0 Å². The second-order valence-corrected chi connectivity index (χ2v) is 4.77. The van der Waals surface area contributed by atoms with Crippen LogP contribution in [0.4, 0.5) is 10.1 Å². The van der Waals surface area contributed by atoms with Crippen molar-refractivity contribution in [2.45, 2.75) is 0 Å². The van der Waals surface area contributed by atoms with Gasteiger partial charge in [0.25, 0.3) is 5.69 Å². The van der Waals surface area contributed by atoms with Gasteiger partial charge in [0, 0.05) is 18.2 Å². The highest BCUT2D eigenvalue weighted by Gasteiger charge is 2.16. The fourth-order valence-electron chi connectivity index (χ4n) is 1.56. The Hall–Kier alpha value is -2.48. The molecule has 1 N–H and O–H groups in total. The molecule has 108 valence electrons. The molecule has 21 heavy (non-hydrogen) atoms. The molecule has 2 aromatic rings. The van der Waals surface area contributed by atoms with Gasteiger partial charge in [0.05, 0.1) is 9.40 Å². The Morgan fingerprint density at radius 3 is 2.52 bits per heavy atom. The number of carbonyl (C=O) groups is 1. The van der Waals surface area contributed by atoms with E-state index < -0.39 is 16.7 Å². The molecule has 0 saturated heterocycles. The zero-order valence-corrected chi connectivity index (χ0v) is 11.8. The number of carboxylic acids is 1. The van der Waals surface area contributed by atoms with Gasteiger partial charge in [-0.1, -0.05) is 0 Å². The third-order valence-electron chi connectivity index (χ3n) is 2.52. The summed E-state index contributed by atoms with van der Waals surface area (Å²) >= 11 is 3.08. The van der Waals surface area contributed by atoms with Crippen LogP contribution in [0.3, 0.4) is 0 Å². The molecule has 0 amide bonds. The van der Waals surface area contributed by atoms with Gasteiger partial charge in [0.15, 0.2) is 0 Å². The minimum Gasteiger partial charge on any atom is -0.478 e. The summed E-state index contributed by atoms with van der Waals surface area (Å²) in [7, 11) is 0. The molecule has 0 saturated carbocycles. The first-order valence-corrected chi connectivity index (χ1v) is 6.32. The first kappa shape index (κ1) is 14.9. The number of nitrogens with zero attached hydrogens (tertiary/aromatic N) is 1. The molecule has 0 spiro atoms. The van der Waals surface area contributed by atoms with Crippen molar-refractivity contribution in [3.05, 3.63) is 62.4 Å². The van der Waals surface area contributed by atoms with Gasteiger partial charge < -0.3 is 9.84 Å². The summed E-state index contributed by atoms with van der Waals surface area (Å²) in [5.41, 5.74) is -0.381. The van der Waals surface area contributed by atoms with E-state index in [0.717, 1.165) is 18.2 Å². The van der Waals surface area contributed by atoms with Crippen molar-refractivity contribution in [1.82, 2.24) is 0 Å². The molecule has 8 heteroatoms. The average molecular weight is 356 g/mol. The third-order valence-corrected chi connectivity index (χ3v) is 3.14. The molecule has 0 aliphatic rings. The van der Waals surface area contributed by atoms with E-state index in [1.54, 1.807) is 0 Å². The van der Waals surface area contributed by atoms with Gasteiger partial charge in [-0.25, -0.2) is 9.18 Å². The number of hydrogen-bond donors (Lipinski definition) is 1. The van der Waals surface area contributed by atoms with Crippen molar-refractivity contribution in [3.63, 3.8) is 0 Å². The molecule has 0 fully saturated rings. The second kappa shape index (κ2) is 5.88. The van der Waals surface area contributed by atoms with Crippen molar-refractivity contribution in [1.29, 1.82) is 0 Å². The number of halogens is 2. The van der Waals surface area contributed by atoms with Crippen molar-refractivity contribution >= 4 is 27.6 Å². The Labute approximate surface area is 126 Å². The monoisotopic (exact) mass is 355 g/mol. The number of rotatable bonds is 4. The minimum atomic E-state index is -1.27. The summed E-state index contributed by atoms with van der Waals surface area (Å²) in [6.45, 7) is 0. The van der Waals surface area contributed by atoms with Crippen LogP contribution in [0.5, 0.6) is 11.5 Å². The Bertz CT molecular complexity index is 734. The van der Waals surface area contributed by atoms with Crippen LogP contribution in [-0.4, -0.2) is 16.0 Å². The Balaban J connectivity index is 2.40. The van der Waals surface area contributed by atoms with E-state index >= 15 is 0 Å². The van der Waals surface area contributed by atoms with Crippen molar-refractivity contribution in [2.75, 3.05) is 0 Å². The third kappa shape index (κ3) is 3.34. The molecule has 0 heterocycles. The zero-order valence-electron chi connectivity index (χ0n) is 10.2. The highest BCUT2D eigenvalue weighted by atomic mass is 79.9. The molecule has 6 nitrogen and oxygen atoms in total. The van der Waals surface area contributed by atoms with Crippen LogP contribution in [0, 0.1) is 15.9 Å². The highest BCUT2D eigenvalue weighted by Crippen LogP contribution is 2.34. The fraction of sp³-hybridized carbons (Fsp3) is 0. The number of hydrogen-bond acceptors (Lipinski definition) is 4. The lowest BCUT2D eigenvalue weighted by atomic mass is 10.2. The fourth-order valence-corrected chi connectivity index (χ4v) is 2.01. The Morgan fingerprint density at radius 2 is 1.95 bits per heavy atom. The number of carboxylic acid groups (broad SMARTS) is 1. The summed E-state index contributed by atoms with van der Waals surface area (Å²) < 4.78 is 18.8. The first-order valence-electron chi connectivity index (χ1n) is 5.53. The van der Waals surface area contributed by atoms with Crippen LogP contribution >= 0.6 is 15.9 Å². The molecule has 0 radical (unpaired) electrons. The predicted molar refractivity (Wildman–Crippen MR) is 74.2 cm³/mol. The lowest BCUT2D eigenvalue weighted by Crippen LogP contribution is -2.01. The van der Waals surface area contributed by atoms with Crippen LogP contribution in [0.15, 0.2) is 40.9 Å². The van der Waals surface area contributed by atoms with Gasteiger partial charge in [0.2, 0.25) is 0 Å². The SMILES string of the molecule is O=C(O)c1ccc(F)cc1Oc1ccc([N+](=O)[O-])cc1Br. The number of ether oxygens (including phenoxy) is 1. The lowest BCUT2D eigenvalue weighted by molar-refractivity contribution is -0.384. The molecule has 2 rings (SSSR count). The van der Waals surface area contributed by atoms with E-state index in [-0.39, 0.29) is 27.2 Å². The number of aromatic carboxylic acids is 1. The van der Waals surface area contributed by atoms with Crippen LogP contribution < -0.4 is 4.74 Å².